The zero-order chi connectivity index (χ0) is 15.0. The third-order valence-corrected chi connectivity index (χ3v) is 5.54. The van der Waals surface area contributed by atoms with Crippen molar-refractivity contribution < 1.29 is 12.8 Å². The molecule has 1 aliphatic carbocycles. The summed E-state index contributed by atoms with van der Waals surface area (Å²) in [5.74, 6) is -0.432. The Bertz CT molecular complexity index is 608. The lowest BCUT2D eigenvalue weighted by atomic mass is 10.0. The monoisotopic (exact) mass is 300 g/mol. The topological polar surface area (TPSA) is 72.2 Å². The molecule has 0 aromatic heterocycles. The quantitative estimate of drug-likeness (QED) is 0.895. The third-order valence-electron chi connectivity index (χ3n) is 3.92. The standard InChI is InChI=1S/C14H21FN2O2S/c1-10-7-12(8-11(9-16)13(10)15)20(18,19)17-14(2)5-3-4-6-14/h7-8,17H,3-6,9,16H2,1-2H3. The fraction of sp³-hybridized carbons (Fsp3) is 0.571. The molecule has 0 bridgehead atoms. The van der Waals surface area contributed by atoms with Crippen LogP contribution in [0.5, 0.6) is 0 Å². The van der Waals surface area contributed by atoms with Gasteiger partial charge >= 0.3 is 0 Å². The molecule has 1 aromatic carbocycles. The maximum atomic E-state index is 13.8. The second-order valence-electron chi connectivity index (χ2n) is 5.79. The first-order chi connectivity index (χ1) is 9.27. The van der Waals surface area contributed by atoms with Crippen molar-refractivity contribution >= 4 is 10.0 Å². The number of nitrogens with two attached hydrogens (primary N) is 1. The van der Waals surface area contributed by atoms with Crippen LogP contribution in [-0.4, -0.2) is 14.0 Å². The Hall–Kier alpha value is -0.980. The predicted molar refractivity (Wildman–Crippen MR) is 76.2 cm³/mol. The van der Waals surface area contributed by atoms with Gasteiger partial charge in [0.2, 0.25) is 10.0 Å². The van der Waals surface area contributed by atoms with Crippen LogP contribution >= 0.6 is 0 Å². The zero-order valence-corrected chi connectivity index (χ0v) is 12.7. The molecule has 4 nitrogen and oxygen atoms in total. The Labute approximate surface area is 119 Å². The van der Waals surface area contributed by atoms with Crippen molar-refractivity contribution in [2.75, 3.05) is 0 Å². The van der Waals surface area contributed by atoms with E-state index in [2.05, 4.69) is 4.72 Å². The van der Waals surface area contributed by atoms with Crippen molar-refractivity contribution in [3.63, 3.8) is 0 Å². The average molecular weight is 300 g/mol. The van der Waals surface area contributed by atoms with Crippen LogP contribution in [0.25, 0.3) is 0 Å². The molecule has 1 saturated carbocycles. The highest BCUT2D eigenvalue weighted by Crippen LogP contribution is 2.31. The summed E-state index contributed by atoms with van der Waals surface area (Å²) in [6.07, 6.45) is 3.71. The van der Waals surface area contributed by atoms with Crippen LogP contribution in [0, 0.1) is 12.7 Å². The van der Waals surface area contributed by atoms with Crippen molar-refractivity contribution in [2.45, 2.75) is 56.5 Å². The average Bonchev–Trinajstić information content (AvgIpc) is 2.77. The van der Waals surface area contributed by atoms with Crippen molar-refractivity contribution in [1.82, 2.24) is 4.72 Å². The molecule has 112 valence electrons. The molecule has 1 aromatic rings. The molecule has 0 unspecified atom stereocenters. The summed E-state index contributed by atoms with van der Waals surface area (Å²) in [6, 6.07) is 2.68. The maximum absolute atomic E-state index is 13.8. The Morgan fingerprint density at radius 3 is 2.50 bits per heavy atom. The van der Waals surface area contributed by atoms with Gasteiger partial charge in [0, 0.05) is 17.6 Å². The first kappa shape index (κ1) is 15.4. The molecule has 0 aliphatic heterocycles. The minimum absolute atomic E-state index is 0.0205. The SMILES string of the molecule is Cc1cc(S(=O)(=O)NC2(C)CCCC2)cc(CN)c1F. The second kappa shape index (κ2) is 5.42. The highest BCUT2D eigenvalue weighted by atomic mass is 32.2. The number of hydrogen-bond donors (Lipinski definition) is 2. The summed E-state index contributed by atoms with van der Waals surface area (Å²) >= 11 is 0. The molecule has 0 saturated heterocycles. The van der Waals surface area contributed by atoms with E-state index >= 15 is 0 Å². The van der Waals surface area contributed by atoms with Crippen LogP contribution in [-0.2, 0) is 16.6 Å². The molecule has 1 aliphatic rings. The molecule has 0 spiro atoms. The van der Waals surface area contributed by atoms with Crippen LogP contribution in [0.2, 0.25) is 0 Å². The number of sulfonamides is 1. The van der Waals surface area contributed by atoms with Crippen molar-refractivity contribution in [3.05, 3.63) is 29.1 Å². The number of halogens is 1. The molecule has 2 rings (SSSR count). The van der Waals surface area contributed by atoms with Gasteiger partial charge in [-0.2, -0.15) is 0 Å². The lowest BCUT2D eigenvalue weighted by molar-refractivity contribution is 0.427. The summed E-state index contributed by atoms with van der Waals surface area (Å²) in [4.78, 5) is 0.0879. The molecular weight excluding hydrogens is 279 g/mol. The largest absolute Gasteiger partial charge is 0.326 e. The van der Waals surface area contributed by atoms with E-state index < -0.39 is 21.4 Å². The molecule has 0 atom stereocenters. The van der Waals surface area contributed by atoms with Crippen molar-refractivity contribution in [3.8, 4) is 0 Å². The Morgan fingerprint density at radius 1 is 1.35 bits per heavy atom. The smallest absolute Gasteiger partial charge is 0.241 e. The summed E-state index contributed by atoms with van der Waals surface area (Å²) in [5, 5.41) is 0. The van der Waals surface area contributed by atoms with Gasteiger partial charge in [0.05, 0.1) is 4.90 Å². The Balaban J connectivity index is 2.37. The van der Waals surface area contributed by atoms with Gasteiger partial charge in [0.25, 0.3) is 0 Å². The summed E-state index contributed by atoms with van der Waals surface area (Å²) in [5.41, 5.74) is 5.59. The van der Waals surface area contributed by atoms with E-state index in [1.165, 1.54) is 12.1 Å². The molecule has 3 N–H and O–H groups in total. The van der Waals surface area contributed by atoms with Gasteiger partial charge in [0.15, 0.2) is 0 Å². The number of hydrogen-bond acceptors (Lipinski definition) is 3. The second-order valence-corrected chi connectivity index (χ2v) is 7.47. The van der Waals surface area contributed by atoms with Crippen LogP contribution in [0.15, 0.2) is 17.0 Å². The lowest BCUT2D eigenvalue weighted by Crippen LogP contribution is -2.43. The van der Waals surface area contributed by atoms with E-state index in [-0.39, 0.29) is 17.0 Å². The highest BCUT2D eigenvalue weighted by molar-refractivity contribution is 7.89. The van der Waals surface area contributed by atoms with Gasteiger partial charge < -0.3 is 5.73 Å². The van der Waals surface area contributed by atoms with Crippen LogP contribution < -0.4 is 10.5 Å². The molecule has 0 heterocycles. The highest BCUT2D eigenvalue weighted by Gasteiger charge is 2.33. The number of rotatable bonds is 4. The number of aryl methyl sites for hydroxylation is 1. The predicted octanol–water partition coefficient (Wildman–Crippen LogP) is 2.20. The Morgan fingerprint density at radius 2 is 1.95 bits per heavy atom. The molecular formula is C14H21FN2O2S. The van der Waals surface area contributed by atoms with Crippen molar-refractivity contribution in [1.29, 1.82) is 0 Å². The molecule has 20 heavy (non-hydrogen) atoms. The molecule has 0 amide bonds. The lowest BCUT2D eigenvalue weighted by Gasteiger charge is -2.25. The Kier molecular flexibility index (Phi) is 4.18. The van der Waals surface area contributed by atoms with Gasteiger partial charge in [-0.15, -0.1) is 0 Å². The first-order valence-corrected chi connectivity index (χ1v) is 8.29. The van der Waals surface area contributed by atoms with Crippen LogP contribution in [0.4, 0.5) is 4.39 Å². The minimum Gasteiger partial charge on any atom is -0.326 e. The van der Waals surface area contributed by atoms with E-state index in [1.54, 1.807) is 6.92 Å². The number of nitrogens with one attached hydrogen (secondary N) is 1. The van der Waals surface area contributed by atoms with E-state index in [0.29, 0.717) is 5.56 Å². The van der Waals surface area contributed by atoms with E-state index in [0.717, 1.165) is 25.7 Å². The summed E-state index contributed by atoms with van der Waals surface area (Å²) in [6.45, 7) is 3.44. The third kappa shape index (κ3) is 3.02. The number of benzene rings is 1. The van der Waals surface area contributed by atoms with E-state index in [4.69, 9.17) is 5.73 Å². The van der Waals surface area contributed by atoms with Gasteiger partial charge in [-0.25, -0.2) is 17.5 Å². The van der Waals surface area contributed by atoms with Crippen molar-refractivity contribution in [2.24, 2.45) is 5.73 Å². The molecule has 0 radical (unpaired) electrons. The summed E-state index contributed by atoms with van der Waals surface area (Å²) < 4.78 is 41.4. The normalized spacial score (nSPS) is 18.4. The maximum Gasteiger partial charge on any atom is 0.241 e. The van der Waals surface area contributed by atoms with E-state index in [9.17, 15) is 12.8 Å². The minimum atomic E-state index is -3.65. The summed E-state index contributed by atoms with van der Waals surface area (Å²) in [7, 11) is -3.65. The van der Waals surface area contributed by atoms with E-state index in [1.807, 2.05) is 6.92 Å². The zero-order valence-electron chi connectivity index (χ0n) is 11.9. The van der Waals surface area contributed by atoms with Gasteiger partial charge in [-0.1, -0.05) is 12.8 Å². The van der Waals surface area contributed by atoms with Gasteiger partial charge in [-0.3, -0.25) is 0 Å². The van der Waals surface area contributed by atoms with Gasteiger partial charge in [0.1, 0.15) is 5.82 Å². The van der Waals surface area contributed by atoms with Gasteiger partial charge in [-0.05, 0) is 44.4 Å². The van der Waals surface area contributed by atoms with Crippen LogP contribution in [0.1, 0.15) is 43.7 Å². The fourth-order valence-electron chi connectivity index (χ4n) is 2.75. The fourth-order valence-corrected chi connectivity index (χ4v) is 4.35. The first-order valence-electron chi connectivity index (χ1n) is 6.80. The molecule has 6 heteroatoms. The molecule has 1 fully saturated rings. The van der Waals surface area contributed by atoms with Crippen LogP contribution in [0.3, 0.4) is 0 Å².